The molecule has 1 aliphatic heterocycles. The molecule has 0 radical (unpaired) electrons. The fourth-order valence-corrected chi connectivity index (χ4v) is 13.2. The van der Waals surface area contributed by atoms with E-state index >= 15 is 0 Å². The zero-order valence-electron chi connectivity index (χ0n) is 37.2. The van der Waals surface area contributed by atoms with Crippen molar-refractivity contribution in [1.82, 2.24) is 0 Å². The van der Waals surface area contributed by atoms with Gasteiger partial charge < -0.3 is 9.80 Å². The van der Waals surface area contributed by atoms with Crippen molar-refractivity contribution in [3.05, 3.63) is 264 Å². The number of anilines is 6. The number of fused-ring (bicyclic) bond motifs is 15. The monoisotopic (exact) mass is 872 g/mol. The van der Waals surface area contributed by atoms with Gasteiger partial charge in [0.1, 0.15) is 0 Å². The quantitative estimate of drug-likeness (QED) is 0.170. The second-order valence-corrected chi connectivity index (χ2v) is 19.9. The highest BCUT2D eigenvalue weighted by Gasteiger charge is 2.52. The summed E-state index contributed by atoms with van der Waals surface area (Å²) in [7, 11) is 0. The number of nitrogens with zero attached hydrogens (tertiary/aromatic N) is 2. The van der Waals surface area contributed by atoms with Crippen LogP contribution in [0.25, 0.3) is 53.6 Å². The number of hydrogen-bond donors (Lipinski definition) is 0. The zero-order chi connectivity index (χ0) is 44.4. The van der Waals surface area contributed by atoms with Gasteiger partial charge in [0.15, 0.2) is 0 Å². The van der Waals surface area contributed by atoms with Crippen LogP contribution < -0.4 is 9.80 Å². The molecule has 67 heavy (non-hydrogen) atoms. The first-order chi connectivity index (χ1) is 33.0. The molecule has 0 N–H and O–H groups in total. The summed E-state index contributed by atoms with van der Waals surface area (Å²) in [5, 5.41) is 2.62. The molecule has 316 valence electrons. The van der Waals surface area contributed by atoms with Crippen LogP contribution in [0.4, 0.5) is 34.1 Å². The molecule has 0 fully saturated rings. The number of hydrogen-bond acceptors (Lipinski definition) is 3. The summed E-state index contributed by atoms with van der Waals surface area (Å²) in [5.41, 5.74) is 21.7. The zero-order valence-corrected chi connectivity index (χ0v) is 38.1. The van der Waals surface area contributed by atoms with Crippen molar-refractivity contribution in [1.29, 1.82) is 0 Å². The Labute approximate surface area is 395 Å². The predicted octanol–water partition coefficient (Wildman–Crippen LogP) is 17.6. The van der Waals surface area contributed by atoms with E-state index in [0.29, 0.717) is 0 Å². The van der Waals surface area contributed by atoms with Gasteiger partial charge in [-0.25, -0.2) is 0 Å². The van der Waals surface area contributed by atoms with Gasteiger partial charge in [0.05, 0.1) is 16.8 Å². The summed E-state index contributed by atoms with van der Waals surface area (Å²) in [6, 6.07) is 86.5. The van der Waals surface area contributed by atoms with E-state index in [9.17, 15) is 0 Å². The third-order valence-electron chi connectivity index (χ3n) is 15.0. The van der Waals surface area contributed by atoms with E-state index < -0.39 is 5.41 Å². The molecule has 3 heteroatoms. The first kappa shape index (κ1) is 38.3. The van der Waals surface area contributed by atoms with E-state index in [-0.39, 0.29) is 5.41 Å². The van der Waals surface area contributed by atoms with E-state index in [1.165, 1.54) is 98.3 Å². The Morgan fingerprint density at radius 2 is 0.896 bits per heavy atom. The molecule has 0 unspecified atom stereocenters. The molecule has 2 aliphatic carbocycles. The lowest BCUT2D eigenvalue weighted by Crippen LogP contribution is -2.36. The number of rotatable bonds is 5. The summed E-state index contributed by atoms with van der Waals surface area (Å²) in [4.78, 5) is 4.97. The van der Waals surface area contributed by atoms with Crippen molar-refractivity contribution in [2.75, 3.05) is 9.80 Å². The van der Waals surface area contributed by atoms with Crippen LogP contribution in [0.15, 0.2) is 231 Å². The van der Waals surface area contributed by atoms with Gasteiger partial charge in [-0.3, -0.25) is 0 Å². The molecule has 3 aliphatic rings. The van der Waals surface area contributed by atoms with Crippen LogP contribution in [0.2, 0.25) is 0 Å². The molecule has 10 aromatic carbocycles. The Balaban J connectivity index is 1.01. The van der Waals surface area contributed by atoms with E-state index in [0.717, 1.165) is 22.7 Å². The topological polar surface area (TPSA) is 6.48 Å². The Morgan fingerprint density at radius 1 is 0.358 bits per heavy atom. The molecule has 0 atom stereocenters. The van der Waals surface area contributed by atoms with E-state index in [2.05, 4.69) is 254 Å². The molecule has 14 rings (SSSR count). The van der Waals surface area contributed by atoms with Gasteiger partial charge in [0.2, 0.25) is 0 Å². The van der Waals surface area contributed by atoms with Crippen molar-refractivity contribution in [3.63, 3.8) is 0 Å². The van der Waals surface area contributed by atoms with Gasteiger partial charge in [0.25, 0.3) is 0 Å². The first-order valence-electron chi connectivity index (χ1n) is 23.3. The Morgan fingerprint density at radius 3 is 1.64 bits per heavy atom. The molecule has 2 heterocycles. The van der Waals surface area contributed by atoms with Gasteiger partial charge in [0, 0.05) is 48.3 Å². The molecule has 0 amide bonds. The van der Waals surface area contributed by atoms with Gasteiger partial charge in [-0.1, -0.05) is 166 Å². The molecular weight excluding hydrogens is 829 g/mol. The highest BCUT2D eigenvalue weighted by atomic mass is 32.1. The summed E-state index contributed by atoms with van der Waals surface area (Å²) in [6.07, 6.45) is 0. The van der Waals surface area contributed by atoms with Crippen LogP contribution >= 0.6 is 11.3 Å². The van der Waals surface area contributed by atoms with Crippen molar-refractivity contribution in [2.24, 2.45) is 0 Å². The van der Waals surface area contributed by atoms with Crippen LogP contribution in [-0.4, -0.2) is 0 Å². The average Bonchev–Trinajstić information content (AvgIpc) is 3.98. The number of thiophene rings is 1. The highest BCUT2D eigenvalue weighted by Crippen LogP contribution is 2.64. The lowest BCUT2D eigenvalue weighted by Gasteiger charge is -2.45. The maximum absolute atomic E-state index is 2.52. The molecule has 0 saturated heterocycles. The van der Waals surface area contributed by atoms with Gasteiger partial charge in [-0.2, -0.15) is 0 Å². The maximum atomic E-state index is 2.52. The minimum absolute atomic E-state index is 0.155. The standard InChI is InChI=1S/C64H44N2S/c1-63(2)53-24-9-6-21-47(53)49-34-32-45(39-57(49)63)65(44-20-16-17-41(37-44)42-31-36-62-52(38-42)51-23-8-15-30-61(51)67-62)46-33-35-50-48-22-7-10-25-54(48)64(58(50)40-46)55-26-11-13-28-59(55)66(43-18-4-3-5-19-43)60-29-14-12-27-56(60)64/h3-40H,1-2H3. The van der Waals surface area contributed by atoms with Crippen molar-refractivity contribution in [3.8, 4) is 33.4 Å². The van der Waals surface area contributed by atoms with Crippen molar-refractivity contribution >= 4 is 65.6 Å². The first-order valence-corrected chi connectivity index (χ1v) is 24.1. The second-order valence-electron chi connectivity index (χ2n) is 18.8. The molecule has 2 nitrogen and oxygen atoms in total. The minimum Gasteiger partial charge on any atom is -0.310 e. The smallest absolute Gasteiger partial charge is 0.0755 e. The van der Waals surface area contributed by atoms with Gasteiger partial charge in [-0.15, -0.1) is 11.3 Å². The highest BCUT2D eigenvalue weighted by molar-refractivity contribution is 7.25. The Hall–Kier alpha value is -7.98. The van der Waals surface area contributed by atoms with Crippen molar-refractivity contribution < 1.29 is 0 Å². The number of benzene rings is 10. The lowest BCUT2D eigenvalue weighted by molar-refractivity contribution is 0.660. The minimum atomic E-state index is -0.575. The predicted molar refractivity (Wildman–Crippen MR) is 283 cm³/mol. The molecule has 11 aromatic rings. The lowest BCUT2D eigenvalue weighted by atomic mass is 9.64. The third kappa shape index (κ3) is 5.38. The normalized spacial score (nSPS) is 14.3. The van der Waals surface area contributed by atoms with E-state index in [1.807, 2.05) is 11.3 Å². The number of para-hydroxylation sites is 3. The Bertz CT molecular complexity index is 3770. The fourth-order valence-electron chi connectivity index (χ4n) is 12.1. The second kappa shape index (κ2) is 14.3. The summed E-state index contributed by atoms with van der Waals surface area (Å²) < 4.78 is 2.64. The van der Waals surface area contributed by atoms with Gasteiger partial charge >= 0.3 is 0 Å². The van der Waals surface area contributed by atoms with Crippen molar-refractivity contribution in [2.45, 2.75) is 24.7 Å². The SMILES string of the molecule is CC1(C)c2ccccc2-c2ccc(N(c3cccc(-c4ccc5sc6ccccc6c5c4)c3)c3ccc4c(c3)C3(c5ccccc5-4)c4ccccc4N(c4ccccc4)c4ccccc43)cc21. The Kier molecular flexibility index (Phi) is 8.15. The van der Waals surface area contributed by atoms with Gasteiger partial charge in [-0.05, 0) is 146 Å². The van der Waals surface area contributed by atoms with Crippen LogP contribution in [-0.2, 0) is 10.8 Å². The molecule has 1 spiro atoms. The summed E-state index contributed by atoms with van der Waals surface area (Å²) in [6.45, 7) is 4.76. The molecular formula is C64H44N2S. The molecule has 0 saturated carbocycles. The summed E-state index contributed by atoms with van der Waals surface area (Å²) >= 11 is 1.87. The van der Waals surface area contributed by atoms with Crippen LogP contribution in [0.3, 0.4) is 0 Å². The van der Waals surface area contributed by atoms with Crippen LogP contribution in [0.5, 0.6) is 0 Å². The van der Waals surface area contributed by atoms with E-state index in [1.54, 1.807) is 0 Å². The van der Waals surface area contributed by atoms with Crippen LogP contribution in [0.1, 0.15) is 47.2 Å². The van der Waals surface area contributed by atoms with E-state index in [4.69, 9.17) is 0 Å². The molecule has 0 bridgehead atoms. The fraction of sp³-hybridized carbons (Fsp3) is 0.0625. The largest absolute Gasteiger partial charge is 0.310 e. The average molecular weight is 873 g/mol. The van der Waals surface area contributed by atoms with Crippen LogP contribution in [0, 0.1) is 0 Å². The molecule has 1 aromatic heterocycles. The summed E-state index contributed by atoms with van der Waals surface area (Å²) in [5.74, 6) is 0. The maximum Gasteiger partial charge on any atom is 0.0755 e. The third-order valence-corrected chi connectivity index (χ3v) is 16.2.